The Hall–Kier alpha value is -2.04. The Kier molecular flexibility index (Phi) is 5.41. The minimum Gasteiger partial charge on any atom is -0.454 e. The van der Waals surface area contributed by atoms with Gasteiger partial charge in [0.05, 0.1) is 11.6 Å². The molecule has 22 heavy (non-hydrogen) atoms. The van der Waals surface area contributed by atoms with Crippen LogP contribution < -0.4 is 0 Å². The molecule has 0 radical (unpaired) electrons. The SMILES string of the molecule is Cc1csc([C@H](C#N)C(=O)COC(=O)c2ccc(Br)cc2)n1. The number of thiazole rings is 1. The van der Waals surface area contributed by atoms with Crippen LogP contribution in [0.3, 0.4) is 0 Å². The summed E-state index contributed by atoms with van der Waals surface area (Å²) in [7, 11) is 0. The van der Waals surface area contributed by atoms with E-state index >= 15 is 0 Å². The van der Waals surface area contributed by atoms with Crippen LogP contribution in [0.1, 0.15) is 27.0 Å². The number of nitrogens with zero attached hydrogens (tertiary/aromatic N) is 2. The van der Waals surface area contributed by atoms with Crippen molar-refractivity contribution in [3.05, 3.63) is 50.4 Å². The number of hydrogen-bond donors (Lipinski definition) is 0. The van der Waals surface area contributed by atoms with Crippen molar-refractivity contribution in [3.8, 4) is 6.07 Å². The van der Waals surface area contributed by atoms with Crippen molar-refractivity contribution >= 4 is 39.0 Å². The fourth-order valence-electron chi connectivity index (χ4n) is 1.66. The summed E-state index contributed by atoms with van der Waals surface area (Å²) in [5.74, 6) is -2.09. The van der Waals surface area contributed by atoms with Crippen LogP contribution in [0.15, 0.2) is 34.1 Å². The third-order valence-electron chi connectivity index (χ3n) is 2.76. The number of ketones is 1. The number of rotatable bonds is 5. The zero-order chi connectivity index (χ0) is 16.1. The van der Waals surface area contributed by atoms with Crippen LogP contribution >= 0.6 is 27.3 Å². The number of carbonyl (C=O) groups excluding carboxylic acids is 2. The molecule has 0 fully saturated rings. The van der Waals surface area contributed by atoms with E-state index in [-0.39, 0.29) is 0 Å². The van der Waals surface area contributed by atoms with Crippen molar-refractivity contribution in [2.75, 3.05) is 6.61 Å². The van der Waals surface area contributed by atoms with Gasteiger partial charge in [0.1, 0.15) is 5.01 Å². The summed E-state index contributed by atoms with van der Waals surface area (Å²) in [5, 5.41) is 11.3. The molecule has 0 aliphatic heterocycles. The fourth-order valence-corrected chi connectivity index (χ4v) is 2.78. The van der Waals surface area contributed by atoms with E-state index in [1.807, 2.05) is 6.07 Å². The molecule has 1 aromatic carbocycles. The second-order valence-electron chi connectivity index (χ2n) is 4.44. The van der Waals surface area contributed by atoms with Crippen molar-refractivity contribution in [2.24, 2.45) is 0 Å². The molecule has 0 N–H and O–H groups in total. The summed E-state index contributed by atoms with van der Waals surface area (Å²) >= 11 is 4.51. The van der Waals surface area contributed by atoms with E-state index in [1.54, 1.807) is 36.6 Å². The van der Waals surface area contributed by atoms with Crippen LogP contribution in [-0.2, 0) is 9.53 Å². The number of halogens is 1. The standard InChI is InChI=1S/C15H11BrN2O3S/c1-9-8-22-14(18-9)12(6-17)13(19)7-21-15(20)10-2-4-11(16)5-3-10/h2-5,8,12H,7H2,1H3/t12-/m1/s1. The molecule has 5 nitrogen and oxygen atoms in total. The van der Waals surface area contributed by atoms with Gasteiger partial charge in [0.25, 0.3) is 0 Å². The molecule has 7 heteroatoms. The van der Waals surface area contributed by atoms with E-state index < -0.39 is 24.3 Å². The lowest BCUT2D eigenvalue weighted by Crippen LogP contribution is -2.19. The summed E-state index contributed by atoms with van der Waals surface area (Å²) in [4.78, 5) is 28.0. The predicted octanol–water partition coefficient (Wildman–Crippen LogP) is 3.25. The molecule has 1 heterocycles. The van der Waals surface area contributed by atoms with Crippen LogP contribution in [0.2, 0.25) is 0 Å². The Bertz CT molecular complexity index is 734. The van der Waals surface area contributed by atoms with Crippen LogP contribution in [-0.4, -0.2) is 23.3 Å². The van der Waals surface area contributed by atoms with Crippen LogP contribution in [0.5, 0.6) is 0 Å². The quantitative estimate of drug-likeness (QED) is 0.745. The predicted molar refractivity (Wildman–Crippen MR) is 84.6 cm³/mol. The summed E-state index contributed by atoms with van der Waals surface area (Å²) in [6.07, 6.45) is 0. The first-order valence-corrected chi connectivity index (χ1v) is 7.95. The Morgan fingerprint density at radius 2 is 2.09 bits per heavy atom. The van der Waals surface area contributed by atoms with Gasteiger partial charge in [-0.1, -0.05) is 15.9 Å². The van der Waals surface area contributed by atoms with Crippen molar-refractivity contribution < 1.29 is 14.3 Å². The maximum Gasteiger partial charge on any atom is 0.338 e. The first kappa shape index (κ1) is 16.3. The molecule has 112 valence electrons. The first-order chi connectivity index (χ1) is 10.5. The summed E-state index contributed by atoms with van der Waals surface area (Å²) < 4.78 is 5.80. The Morgan fingerprint density at radius 3 is 2.64 bits per heavy atom. The molecule has 0 amide bonds. The monoisotopic (exact) mass is 378 g/mol. The number of carbonyl (C=O) groups is 2. The summed E-state index contributed by atoms with van der Waals surface area (Å²) in [6.45, 7) is 1.33. The molecule has 2 rings (SSSR count). The zero-order valence-electron chi connectivity index (χ0n) is 11.6. The highest BCUT2D eigenvalue weighted by molar-refractivity contribution is 9.10. The van der Waals surface area contributed by atoms with Crippen LogP contribution in [0, 0.1) is 18.3 Å². The number of benzene rings is 1. The maximum atomic E-state index is 12.0. The Balaban J connectivity index is 1.98. The molecule has 0 saturated heterocycles. The van der Waals surface area contributed by atoms with Crippen LogP contribution in [0.4, 0.5) is 0 Å². The molecule has 0 saturated carbocycles. The average molecular weight is 379 g/mol. The van der Waals surface area contributed by atoms with Crippen LogP contribution in [0.25, 0.3) is 0 Å². The summed E-state index contributed by atoms with van der Waals surface area (Å²) in [6, 6.07) is 8.48. The molecule has 0 unspecified atom stereocenters. The molecule has 1 atom stereocenters. The average Bonchev–Trinajstić information content (AvgIpc) is 2.92. The van der Waals surface area contributed by atoms with Crippen molar-refractivity contribution in [3.63, 3.8) is 0 Å². The number of hydrogen-bond acceptors (Lipinski definition) is 6. The van der Waals surface area contributed by atoms with Gasteiger partial charge in [0.2, 0.25) is 0 Å². The second kappa shape index (κ2) is 7.29. The lowest BCUT2D eigenvalue weighted by molar-refractivity contribution is -0.122. The largest absolute Gasteiger partial charge is 0.454 e. The lowest BCUT2D eigenvalue weighted by atomic mass is 10.1. The van der Waals surface area contributed by atoms with E-state index in [2.05, 4.69) is 20.9 Å². The van der Waals surface area contributed by atoms with Gasteiger partial charge in [-0.05, 0) is 31.2 Å². The van der Waals surface area contributed by atoms with Gasteiger partial charge in [-0.3, -0.25) is 4.79 Å². The smallest absolute Gasteiger partial charge is 0.338 e. The lowest BCUT2D eigenvalue weighted by Gasteiger charge is -2.07. The number of aryl methyl sites for hydroxylation is 1. The van der Waals surface area contributed by atoms with Gasteiger partial charge in [-0.2, -0.15) is 5.26 Å². The van der Waals surface area contributed by atoms with E-state index in [9.17, 15) is 9.59 Å². The van der Waals surface area contributed by atoms with Crippen molar-refractivity contribution in [1.82, 2.24) is 4.98 Å². The molecule has 0 spiro atoms. The second-order valence-corrected chi connectivity index (χ2v) is 6.24. The third-order valence-corrected chi connectivity index (χ3v) is 4.32. The Morgan fingerprint density at radius 1 is 1.41 bits per heavy atom. The highest BCUT2D eigenvalue weighted by Crippen LogP contribution is 2.21. The molecule has 1 aromatic heterocycles. The minimum absolute atomic E-state index is 0.342. The molecule has 0 aliphatic carbocycles. The molecular weight excluding hydrogens is 368 g/mol. The van der Waals surface area contributed by atoms with Crippen molar-refractivity contribution in [2.45, 2.75) is 12.8 Å². The van der Waals surface area contributed by atoms with Gasteiger partial charge in [0.15, 0.2) is 18.3 Å². The minimum atomic E-state index is -1.00. The summed E-state index contributed by atoms with van der Waals surface area (Å²) in [5.41, 5.74) is 1.09. The number of aromatic nitrogens is 1. The normalized spacial score (nSPS) is 11.5. The number of nitriles is 1. The van der Waals surface area contributed by atoms with E-state index in [1.165, 1.54) is 11.3 Å². The van der Waals surface area contributed by atoms with Gasteiger partial charge < -0.3 is 4.74 Å². The fraction of sp³-hybridized carbons (Fsp3) is 0.200. The third kappa shape index (κ3) is 4.00. The van der Waals surface area contributed by atoms with E-state index in [0.29, 0.717) is 10.6 Å². The van der Waals surface area contributed by atoms with E-state index in [4.69, 9.17) is 10.00 Å². The first-order valence-electron chi connectivity index (χ1n) is 6.28. The van der Waals surface area contributed by atoms with Gasteiger partial charge in [-0.25, -0.2) is 9.78 Å². The maximum absolute atomic E-state index is 12.0. The molecule has 2 aromatic rings. The van der Waals surface area contributed by atoms with E-state index in [0.717, 1.165) is 10.2 Å². The van der Waals surface area contributed by atoms with Crippen molar-refractivity contribution in [1.29, 1.82) is 5.26 Å². The molecule has 0 bridgehead atoms. The highest BCUT2D eigenvalue weighted by Gasteiger charge is 2.24. The van der Waals surface area contributed by atoms with Gasteiger partial charge in [0, 0.05) is 15.5 Å². The van der Waals surface area contributed by atoms with Gasteiger partial charge >= 0.3 is 5.97 Å². The number of esters is 1. The van der Waals surface area contributed by atoms with Gasteiger partial charge in [-0.15, -0.1) is 11.3 Å². The topological polar surface area (TPSA) is 80.0 Å². The molecule has 0 aliphatic rings. The number of ether oxygens (including phenoxy) is 1. The Labute approximate surface area is 139 Å². The number of Topliss-reactive ketones (excluding diaryl/α,β-unsaturated/α-hetero) is 1. The highest BCUT2D eigenvalue weighted by atomic mass is 79.9. The molecular formula is C15H11BrN2O3S. The zero-order valence-corrected chi connectivity index (χ0v) is 14.0.